The van der Waals surface area contributed by atoms with Gasteiger partial charge in [0.25, 0.3) is 0 Å². The highest BCUT2D eigenvalue weighted by atomic mass is 19.1. The van der Waals surface area contributed by atoms with Crippen LogP contribution >= 0.6 is 0 Å². The van der Waals surface area contributed by atoms with Gasteiger partial charge in [0, 0.05) is 53.4 Å². The summed E-state index contributed by atoms with van der Waals surface area (Å²) in [5.41, 5.74) is 8.45. The molecule has 6 rings (SSSR count). The lowest BCUT2D eigenvalue weighted by Crippen LogP contribution is -2.16. The number of hydrogen-bond donors (Lipinski definition) is 2. The summed E-state index contributed by atoms with van der Waals surface area (Å²) in [4.78, 5) is 13.0. The predicted molar refractivity (Wildman–Crippen MR) is 122 cm³/mol. The molecule has 3 heterocycles. The minimum atomic E-state index is -0.454. The molecule has 3 N–H and O–H groups in total. The number of H-pyrrole nitrogens is 1. The monoisotopic (exact) mass is 448 g/mol. The van der Waals surface area contributed by atoms with Crippen LogP contribution in [0.3, 0.4) is 0 Å². The van der Waals surface area contributed by atoms with Crippen molar-refractivity contribution in [3.05, 3.63) is 70.9 Å². The molecule has 1 fully saturated rings. The first-order valence-corrected chi connectivity index (χ1v) is 10.9. The summed E-state index contributed by atoms with van der Waals surface area (Å²) >= 11 is 0. The lowest BCUT2D eigenvalue weighted by molar-refractivity contribution is 0.525. The molecule has 168 valence electrons. The van der Waals surface area contributed by atoms with E-state index in [0.717, 1.165) is 30.3 Å². The number of hydrogen-bond acceptors (Lipinski definition) is 3. The van der Waals surface area contributed by atoms with Gasteiger partial charge in [-0.05, 0) is 55.7 Å². The van der Waals surface area contributed by atoms with Crippen molar-refractivity contribution in [3.63, 3.8) is 0 Å². The van der Waals surface area contributed by atoms with Crippen LogP contribution in [0.4, 0.5) is 8.78 Å². The van der Waals surface area contributed by atoms with E-state index in [4.69, 9.17) is 5.73 Å². The third-order valence-corrected chi connectivity index (χ3v) is 6.72. The standard InChI is InChI=1S/C24H22F2N6O/c1-30-11-19(17-8-13(25)2-6-20(17)30)23-28-29-24(33)32(23)22-12-31(16-5-4-15(27)10-16)21-7-3-14(26)9-18(21)22/h2-3,6-9,11-12,15-16H,4-5,10,27H2,1H3,(H,29,33)/t15-,16+/m0/s1. The van der Waals surface area contributed by atoms with Crippen molar-refractivity contribution in [2.24, 2.45) is 12.8 Å². The van der Waals surface area contributed by atoms with Crippen LogP contribution in [0.2, 0.25) is 0 Å². The van der Waals surface area contributed by atoms with E-state index in [1.807, 2.05) is 24.0 Å². The lowest BCUT2D eigenvalue weighted by Gasteiger charge is -2.13. The molecule has 0 bridgehead atoms. The van der Waals surface area contributed by atoms with E-state index in [9.17, 15) is 13.6 Å². The maximum Gasteiger partial charge on any atom is 0.348 e. The van der Waals surface area contributed by atoms with E-state index in [1.165, 1.54) is 28.8 Å². The van der Waals surface area contributed by atoms with E-state index < -0.39 is 11.5 Å². The molecule has 1 aliphatic rings. The Morgan fingerprint density at radius 2 is 1.76 bits per heavy atom. The first-order chi connectivity index (χ1) is 15.9. The second-order valence-electron chi connectivity index (χ2n) is 8.81. The fraction of sp³-hybridized carbons (Fsp3) is 0.250. The highest BCUT2D eigenvalue weighted by Crippen LogP contribution is 2.37. The second-order valence-corrected chi connectivity index (χ2v) is 8.81. The second kappa shape index (κ2) is 7.14. The Hall–Kier alpha value is -3.72. The minimum absolute atomic E-state index is 0.120. The number of aromatic amines is 1. The van der Waals surface area contributed by atoms with Crippen molar-refractivity contribution in [2.75, 3.05) is 0 Å². The highest BCUT2D eigenvalue weighted by molar-refractivity contribution is 5.96. The molecule has 0 radical (unpaired) electrons. The number of halogens is 2. The first-order valence-electron chi connectivity index (χ1n) is 10.9. The van der Waals surface area contributed by atoms with Gasteiger partial charge in [0.05, 0.1) is 11.2 Å². The average Bonchev–Trinajstić information content (AvgIpc) is 3.53. The Bertz CT molecular complexity index is 1590. The van der Waals surface area contributed by atoms with Gasteiger partial charge in [-0.1, -0.05) is 0 Å². The van der Waals surface area contributed by atoms with Gasteiger partial charge in [-0.2, -0.15) is 5.10 Å². The molecule has 2 aromatic carbocycles. The van der Waals surface area contributed by atoms with Crippen LogP contribution in [0.15, 0.2) is 53.6 Å². The summed E-state index contributed by atoms with van der Waals surface area (Å²) in [5, 5.41) is 8.03. The molecule has 0 aliphatic heterocycles. The highest BCUT2D eigenvalue weighted by Gasteiger charge is 2.27. The first kappa shape index (κ1) is 19.9. The maximum atomic E-state index is 14.3. The van der Waals surface area contributed by atoms with Crippen molar-refractivity contribution in [3.8, 4) is 17.1 Å². The van der Waals surface area contributed by atoms with E-state index in [-0.39, 0.29) is 17.9 Å². The third kappa shape index (κ3) is 3.03. The fourth-order valence-corrected chi connectivity index (χ4v) is 5.18. The maximum absolute atomic E-state index is 14.3. The molecule has 0 unspecified atom stereocenters. The van der Waals surface area contributed by atoms with Gasteiger partial charge in [-0.15, -0.1) is 0 Å². The van der Waals surface area contributed by atoms with E-state index in [1.54, 1.807) is 12.1 Å². The van der Waals surface area contributed by atoms with Crippen molar-refractivity contribution in [2.45, 2.75) is 31.3 Å². The predicted octanol–water partition coefficient (Wildman–Crippen LogP) is 4.00. The summed E-state index contributed by atoms with van der Waals surface area (Å²) in [6, 6.07) is 9.38. The number of nitrogens with zero attached hydrogens (tertiary/aromatic N) is 4. The fourth-order valence-electron chi connectivity index (χ4n) is 5.18. The van der Waals surface area contributed by atoms with Crippen molar-refractivity contribution >= 4 is 21.8 Å². The SMILES string of the molecule is Cn1cc(-c2n[nH]c(=O)n2-c2cn([C@@H]3CC[C@H](N)C3)c3ccc(F)cc23)c2cc(F)ccc21. The van der Waals surface area contributed by atoms with E-state index >= 15 is 0 Å². The molecule has 5 aromatic rings. The molecule has 33 heavy (non-hydrogen) atoms. The van der Waals surface area contributed by atoms with Gasteiger partial charge in [0.15, 0.2) is 5.82 Å². The molecule has 0 amide bonds. The Balaban J connectivity index is 1.62. The molecule has 1 aliphatic carbocycles. The molecule has 7 nitrogen and oxygen atoms in total. The number of benzene rings is 2. The number of fused-ring (bicyclic) bond motifs is 2. The summed E-state index contributed by atoms with van der Waals surface area (Å²) in [5.74, 6) is -0.437. The van der Waals surface area contributed by atoms with Gasteiger partial charge in [0.2, 0.25) is 0 Å². The van der Waals surface area contributed by atoms with Crippen LogP contribution in [0.25, 0.3) is 38.9 Å². The van der Waals surface area contributed by atoms with Crippen LogP contribution in [-0.2, 0) is 7.05 Å². The lowest BCUT2D eigenvalue weighted by atomic mass is 10.1. The summed E-state index contributed by atoms with van der Waals surface area (Å²) in [6.45, 7) is 0. The van der Waals surface area contributed by atoms with Crippen molar-refractivity contribution in [1.82, 2.24) is 23.9 Å². The van der Waals surface area contributed by atoms with Gasteiger partial charge >= 0.3 is 5.69 Å². The zero-order valence-electron chi connectivity index (χ0n) is 17.9. The van der Waals surface area contributed by atoms with Crippen molar-refractivity contribution in [1.29, 1.82) is 0 Å². The molecule has 0 spiro atoms. The third-order valence-electron chi connectivity index (χ3n) is 6.72. The van der Waals surface area contributed by atoms with Gasteiger partial charge in [-0.25, -0.2) is 23.2 Å². The number of nitrogens with two attached hydrogens (primary N) is 1. The van der Waals surface area contributed by atoms with Gasteiger partial charge in [0.1, 0.15) is 11.6 Å². The molecule has 1 saturated carbocycles. The number of rotatable bonds is 3. The summed E-state index contributed by atoms with van der Waals surface area (Å²) < 4.78 is 33.8. The topological polar surface area (TPSA) is 86.6 Å². The van der Waals surface area contributed by atoms with E-state index in [0.29, 0.717) is 27.8 Å². The van der Waals surface area contributed by atoms with Crippen LogP contribution in [-0.4, -0.2) is 29.9 Å². The van der Waals surface area contributed by atoms with Gasteiger partial charge < -0.3 is 14.9 Å². The van der Waals surface area contributed by atoms with E-state index in [2.05, 4.69) is 14.8 Å². The zero-order valence-corrected chi connectivity index (χ0v) is 17.9. The van der Waals surface area contributed by atoms with Crippen LogP contribution < -0.4 is 11.4 Å². The smallest absolute Gasteiger partial charge is 0.348 e. The van der Waals surface area contributed by atoms with Crippen LogP contribution in [0.1, 0.15) is 25.3 Å². The summed E-state index contributed by atoms with van der Waals surface area (Å²) in [6.07, 6.45) is 6.33. The average molecular weight is 448 g/mol. The van der Waals surface area contributed by atoms with Crippen LogP contribution in [0, 0.1) is 11.6 Å². The number of nitrogens with one attached hydrogen (secondary N) is 1. The van der Waals surface area contributed by atoms with Crippen LogP contribution in [0.5, 0.6) is 0 Å². The molecule has 0 saturated heterocycles. The van der Waals surface area contributed by atoms with Crippen molar-refractivity contribution < 1.29 is 8.78 Å². The Labute approximate surface area is 187 Å². The minimum Gasteiger partial charge on any atom is -0.350 e. The Kier molecular flexibility index (Phi) is 4.31. The zero-order chi connectivity index (χ0) is 22.9. The molecule has 9 heteroatoms. The molecular weight excluding hydrogens is 426 g/mol. The number of aryl methyl sites for hydroxylation is 1. The summed E-state index contributed by atoms with van der Waals surface area (Å²) in [7, 11) is 1.85. The Morgan fingerprint density at radius 3 is 2.48 bits per heavy atom. The normalized spacial score (nSPS) is 18.7. The number of aromatic nitrogens is 5. The quantitative estimate of drug-likeness (QED) is 0.437. The Morgan fingerprint density at radius 1 is 1.03 bits per heavy atom. The molecule has 2 atom stereocenters. The largest absolute Gasteiger partial charge is 0.350 e. The van der Waals surface area contributed by atoms with Gasteiger partial charge in [-0.3, -0.25) is 0 Å². The molecule has 3 aromatic heterocycles. The molecular formula is C24H22F2N6O.